The molecule has 0 heterocycles. The van der Waals surface area contributed by atoms with E-state index in [1.807, 2.05) is 37.3 Å². The number of nitrogens with one attached hydrogen (secondary N) is 2. The van der Waals surface area contributed by atoms with Crippen molar-refractivity contribution >= 4 is 51.6 Å². The molecule has 4 N–H and O–H groups in total. The smallest absolute Gasteiger partial charge is 0.323 e. The molecule has 110 valence electrons. The molecule has 2 aromatic carbocycles. The van der Waals surface area contributed by atoms with Gasteiger partial charge in [-0.2, -0.15) is 0 Å². The van der Waals surface area contributed by atoms with Crippen LogP contribution in [-0.2, 0) is 0 Å². The number of carbonyl (C=O) groups is 1. The Hall–Kier alpha value is -1.31. The summed E-state index contributed by atoms with van der Waals surface area (Å²) in [6.07, 6.45) is 0. The summed E-state index contributed by atoms with van der Waals surface area (Å²) in [6, 6.07) is 12.5. The monoisotopic (exact) mass is 415 g/mol. The van der Waals surface area contributed by atoms with E-state index >= 15 is 0 Å². The molecule has 2 rings (SSSR count). The number of urea groups is 1. The first-order valence-electron chi connectivity index (χ1n) is 6.34. The maximum absolute atomic E-state index is 11.9. The molecule has 4 nitrogen and oxygen atoms in total. The van der Waals surface area contributed by atoms with Gasteiger partial charge in [0.15, 0.2) is 0 Å². The Labute approximate surface area is 142 Å². The second kappa shape index (κ2) is 7.11. The van der Waals surface area contributed by atoms with Gasteiger partial charge in [0.2, 0.25) is 0 Å². The number of halogens is 2. The van der Waals surface area contributed by atoms with Crippen LogP contribution in [-0.4, -0.2) is 6.03 Å². The zero-order valence-electron chi connectivity index (χ0n) is 11.4. The highest BCUT2D eigenvalue weighted by molar-refractivity contribution is 14.1. The molecule has 0 bridgehead atoms. The molecule has 6 heteroatoms. The Morgan fingerprint density at radius 3 is 2.43 bits per heavy atom. The zero-order valence-corrected chi connectivity index (χ0v) is 14.3. The van der Waals surface area contributed by atoms with Crippen LogP contribution in [0.1, 0.15) is 18.5 Å². The van der Waals surface area contributed by atoms with E-state index in [-0.39, 0.29) is 12.1 Å². The van der Waals surface area contributed by atoms with Crippen molar-refractivity contribution < 1.29 is 4.79 Å². The maximum Gasteiger partial charge on any atom is 0.323 e. The number of amides is 2. The van der Waals surface area contributed by atoms with Gasteiger partial charge in [-0.25, -0.2) is 4.79 Å². The second-order valence-electron chi connectivity index (χ2n) is 4.61. The van der Waals surface area contributed by atoms with Crippen molar-refractivity contribution in [3.63, 3.8) is 0 Å². The average Bonchev–Trinajstić information content (AvgIpc) is 2.42. The predicted octanol–water partition coefficient (Wildman–Crippen LogP) is 4.61. The summed E-state index contributed by atoms with van der Waals surface area (Å²) in [5.41, 5.74) is 8.06. The Morgan fingerprint density at radius 1 is 1.19 bits per heavy atom. The summed E-state index contributed by atoms with van der Waals surface area (Å²) in [6.45, 7) is 1.91. The fourth-order valence-corrected chi connectivity index (χ4v) is 2.65. The fourth-order valence-electron chi connectivity index (χ4n) is 1.75. The van der Waals surface area contributed by atoms with Crippen molar-refractivity contribution in [2.75, 3.05) is 10.6 Å². The van der Waals surface area contributed by atoms with Crippen LogP contribution >= 0.6 is 34.2 Å². The van der Waals surface area contributed by atoms with Crippen LogP contribution in [0, 0.1) is 3.57 Å². The van der Waals surface area contributed by atoms with Crippen LogP contribution in [0.4, 0.5) is 16.2 Å². The average molecular weight is 416 g/mol. The Morgan fingerprint density at radius 2 is 1.86 bits per heavy atom. The summed E-state index contributed by atoms with van der Waals surface area (Å²) < 4.78 is 1.01. The predicted molar refractivity (Wildman–Crippen MR) is 95.9 cm³/mol. The Kier molecular flexibility index (Phi) is 5.44. The summed E-state index contributed by atoms with van der Waals surface area (Å²) in [7, 11) is 0. The van der Waals surface area contributed by atoms with Crippen LogP contribution in [0.2, 0.25) is 5.02 Å². The molecule has 1 atom stereocenters. The SMILES string of the molecule is CC(N)c1ccc(NC(=O)Nc2ccc(I)cc2Cl)cc1. The van der Waals surface area contributed by atoms with E-state index in [1.165, 1.54) is 0 Å². The fraction of sp³-hybridized carbons (Fsp3) is 0.133. The molecule has 2 aromatic rings. The molecule has 0 aliphatic rings. The number of rotatable bonds is 3. The molecule has 0 saturated carbocycles. The van der Waals surface area contributed by atoms with Crippen LogP contribution < -0.4 is 16.4 Å². The molecular weight excluding hydrogens is 401 g/mol. The van der Waals surface area contributed by atoms with E-state index in [1.54, 1.807) is 12.1 Å². The molecule has 0 aromatic heterocycles. The lowest BCUT2D eigenvalue weighted by Crippen LogP contribution is -2.19. The van der Waals surface area contributed by atoms with Gasteiger partial charge in [0.05, 0.1) is 10.7 Å². The van der Waals surface area contributed by atoms with Gasteiger partial charge in [-0.3, -0.25) is 0 Å². The quantitative estimate of drug-likeness (QED) is 0.641. The van der Waals surface area contributed by atoms with E-state index in [2.05, 4.69) is 33.2 Å². The molecule has 2 amide bonds. The maximum atomic E-state index is 11.9. The first-order chi connectivity index (χ1) is 9.95. The molecule has 0 saturated heterocycles. The van der Waals surface area contributed by atoms with Gasteiger partial charge < -0.3 is 16.4 Å². The van der Waals surface area contributed by atoms with Crippen molar-refractivity contribution in [1.82, 2.24) is 0 Å². The molecule has 0 fully saturated rings. The molecule has 21 heavy (non-hydrogen) atoms. The number of benzene rings is 2. The highest BCUT2D eigenvalue weighted by Gasteiger charge is 2.07. The normalized spacial score (nSPS) is 11.8. The van der Waals surface area contributed by atoms with Crippen LogP contribution in [0.25, 0.3) is 0 Å². The number of anilines is 2. The van der Waals surface area contributed by atoms with Crippen LogP contribution in [0.15, 0.2) is 42.5 Å². The second-order valence-corrected chi connectivity index (χ2v) is 6.27. The topological polar surface area (TPSA) is 67.1 Å². The lowest BCUT2D eigenvalue weighted by atomic mass is 10.1. The van der Waals surface area contributed by atoms with E-state index < -0.39 is 0 Å². The minimum Gasteiger partial charge on any atom is -0.324 e. The number of carbonyl (C=O) groups excluding carboxylic acids is 1. The van der Waals surface area contributed by atoms with Crippen molar-refractivity contribution in [3.8, 4) is 0 Å². The summed E-state index contributed by atoms with van der Waals surface area (Å²) in [5.74, 6) is 0. The lowest BCUT2D eigenvalue weighted by Gasteiger charge is -2.10. The molecule has 0 aliphatic carbocycles. The summed E-state index contributed by atoms with van der Waals surface area (Å²) >= 11 is 8.23. The van der Waals surface area contributed by atoms with E-state index in [0.717, 1.165) is 9.13 Å². The molecule has 0 aliphatic heterocycles. The van der Waals surface area contributed by atoms with Gasteiger partial charge in [0.1, 0.15) is 0 Å². The van der Waals surface area contributed by atoms with Gasteiger partial charge in [-0.05, 0) is 65.4 Å². The molecule has 1 unspecified atom stereocenters. The highest BCUT2D eigenvalue weighted by atomic mass is 127. The first-order valence-corrected chi connectivity index (χ1v) is 7.80. The van der Waals surface area contributed by atoms with Gasteiger partial charge in [0, 0.05) is 15.3 Å². The molecule has 0 radical (unpaired) electrons. The van der Waals surface area contributed by atoms with Crippen LogP contribution in [0.5, 0.6) is 0 Å². The van der Waals surface area contributed by atoms with Crippen LogP contribution in [0.3, 0.4) is 0 Å². The van der Waals surface area contributed by atoms with Gasteiger partial charge >= 0.3 is 6.03 Å². The number of hydrogen-bond donors (Lipinski definition) is 3. The van der Waals surface area contributed by atoms with Crippen molar-refractivity contribution in [1.29, 1.82) is 0 Å². The van der Waals surface area contributed by atoms with Gasteiger partial charge in [-0.1, -0.05) is 23.7 Å². The first kappa shape index (κ1) is 16.1. The largest absolute Gasteiger partial charge is 0.324 e. The minimum absolute atomic E-state index is 0.0292. The number of hydrogen-bond acceptors (Lipinski definition) is 2. The Bertz CT molecular complexity index is 644. The zero-order chi connectivity index (χ0) is 15.4. The van der Waals surface area contributed by atoms with Crippen molar-refractivity contribution in [2.45, 2.75) is 13.0 Å². The van der Waals surface area contributed by atoms with E-state index in [9.17, 15) is 4.79 Å². The Balaban J connectivity index is 2.01. The third kappa shape index (κ3) is 4.59. The van der Waals surface area contributed by atoms with Crippen molar-refractivity contribution in [3.05, 3.63) is 56.6 Å². The number of nitrogens with two attached hydrogens (primary N) is 1. The summed E-state index contributed by atoms with van der Waals surface area (Å²) in [4.78, 5) is 11.9. The van der Waals surface area contributed by atoms with Gasteiger partial charge in [-0.15, -0.1) is 0 Å². The van der Waals surface area contributed by atoms with E-state index in [4.69, 9.17) is 17.3 Å². The molecule has 0 spiro atoms. The third-order valence-corrected chi connectivity index (χ3v) is 3.86. The highest BCUT2D eigenvalue weighted by Crippen LogP contribution is 2.24. The van der Waals surface area contributed by atoms with Gasteiger partial charge in [0.25, 0.3) is 0 Å². The van der Waals surface area contributed by atoms with E-state index in [0.29, 0.717) is 16.4 Å². The molecular formula is C15H15ClIN3O. The standard InChI is InChI=1S/C15H15ClIN3O/c1-9(18)10-2-5-12(6-3-10)19-15(21)20-14-7-4-11(17)8-13(14)16/h2-9H,18H2,1H3,(H2,19,20,21). The minimum atomic E-state index is -0.341. The lowest BCUT2D eigenvalue weighted by molar-refractivity contribution is 0.262. The van der Waals surface area contributed by atoms with Crippen molar-refractivity contribution in [2.24, 2.45) is 5.73 Å². The summed E-state index contributed by atoms with van der Waals surface area (Å²) in [5, 5.41) is 5.96. The third-order valence-electron chi connectivity index (χ3n) is 2.87.